The summed E-state index contributed by atoms with van der Waals surface area (Å²) in [5, 5.41) is 22.8. The van der Waals surface area contributed by atoms with Crippen LogP contribution in [0.5, 0.6) is 5.88 Å². The molecule has 33 heavy (non-hydrogen) atoms. The highest BCUT2D eigenvalue weighted by Gasteiger charge is 2.23. The lowest BCUT2D eigenvalue weighted by Crippen LogP contribution is -2.33. The molecule has 1 aromatic carbocycles. The number of ether oxygens (including phenoxy) is 2. The summed E-state index contributed by atoms with van der Waals surface area (Å²) in [5.74, 6) is 1.03. The number of fused-ring (bicyclic) bond motifs is 1. The van der Waals surface area contributed by atoms with Crippen LogP contribution in [0, 0.1) is 17.2 Å². The second kappa shape index (κ2) is 10.8. The number of aromatic nitrogens is 3. The molecule has 0 radical (unpaired) electrons. The van der Waals surface area contributed by atoms with Gasteiger partial charge in [0.15, 0.2) is 0 Å². The fourth-order valence-electron chi connectivity index (χ4n) is 4.07. The molecule has 9 nitrogen and oxygen atoms in total. The number of nitriles is 1. The highest BCUT2D eigenvalue weighted by Crippen LogP contribution is 2.30. The topological polar surface area (TPSA) is 125 Å². The van der Waals surface area contributed by atoms with Gasteiger partial charge in [0.2, 0.25) is 5.88 Å². The van der Waals surface area contributed by atoms with E-state index in [1.165, 1.54) is 0 Å². The number of carbonyl (C=O) groups is 1. The first-order valence-electron chi connectivity index (χ1n) is 11.2. The van der Waals surface area contributed by atoms with Crippen LogP contribution in [0.1, 0.15) is 43.7 Å². The molecule has 1 fully saturated rings. The number of H-pyrrole nitrogens is 1. The van der Waals surface area contributed by atoms with Gasteiger partial charge in [0.05, 0.1) is 23.0 Å². The number of amides is 2. The molecule has 3 aromatic rings. The first kappa shape index (κ1) is 22.6. The van der Waals surface area contributed by atoms with Gasteiger partial charge in [-0.2, -0.15) is 5.26 Å². The fraction of sp³-hybridized carbons (Fsp3) is 0.417. The van der Waals surface area contributed by atoms with Crippen LogP contribution in [0.2, 0.25) is 0 Å². The summed E-state index contributed by atoms with van der Waals surface area (Å²) < 4.78 is 11.2. The van der Waals surface area contributed by atoms with Gasteiger partial charge in [-0.25, -0.2) is 9.78 Å². The summed E-state index contributed by atoms with van der Waals surface area (Å²) in [7, 11) is 1.64. The molecular formula is C24H28N6O3. The number of hydrogen-bond acceptors (Lipinski definition) is 6. The van der Waals surface area contributed by atoms with Crippen molar-refractivity contribution in [3.63, 3.8) is 0 Å². The predicted molar refractivity (Wildman–Crippen MR) is 124 cm³/mol. The molecule has 0 saturated heterocycles. The standard InChI is InChI=1S/C24H28N6O3/c1-32-12-11-20(17-5-3-2-4-6-17)27-24(31)28-22-13-21-19(15-26-22)23(30-29-21)33-18-9-7-16(14-25)8-10-18/h2-6,13,15-16,18,20H,7-12H2,1H3,(H,29,30)(H2,26,27,28,31). The maximum absolute atomic E-state index is 12.6. The van der Waals surface area contributed by atoms with Crippen molar-refractivity contribution in [2.75, 3.05) is 19.0 Å². The minimum absolute atomic E-state index is 0.0479. The largest absolute Gasteiger partial charge is 0.473 e. The molecule has 1 aliphatic carbocycles. The van der Waals surface area contributed by atoms with Crippen LogP contribution in [-0.4, -0.2) is 41.0 Å². The summed E-state index contributed by atoms with van der Waals surface area (Å²) in [4.78, 5) is 17.0. The van der Waals surface area contributed by atoms with Crippen molar-refractivity contribution in [2.24, 2.45) is 5.92 Å². The molecule has 2 amide bonds. The van der Waals surface area contributed by atoms with Gasteiger partial charge in [0, 0.05) is 31.9 Å². The van der Waals surface area contributed by atoms with Crippen molar-refractivity contribution < 1.29 is 14.3 Å². The molecule has 0 bridgehead atoms. The van der Waals surface area contributed by atoms with E-state index >= 15 is 0 Å². The van der Waals surface area contributed by atoms with E-state index in [4.69, 9.17) is 14.7 Å². The zero-order chi connectivity index (χ0) is 23.0. The molecule has 1 atom stereocenters. The van der Waals surface area contributed by atoms with Crippen LogP contribution >= 0.6 is 0 Å². The third-order valence-electron chi connectivity index (χ3n) is 5.91. The number of hydrogen-bond donors (Lipinski definition) is 3. The van der Waals surface area contributed by atoms with Crippen molar-refractivity contribution >= 4 is 22.8 Å². The average molecular weight is 449 g/mol. The summed E-state index contributed by atoms with van der Waals surface area (Å²) >= 11 is 0. The van der Waals surface area contributed by atoms with E-state index in [1.54, 1.807) is 19.4 Å². The number of anilines is 1. The number of urea groups is 1. The molecule has 0 aliphatic heterocycles. The maximum atomic E-state index is 12.6. The zero-order valence-electron chi connectivity index (χ0n) is 18.6. The number of pyridine rings is 1. The quantitative estimate of drug-likeness (QED) is 0.471. The monoisotopic (exact) mass is 448 g/mol. The third kappa shape index (κ3) is 5.79. The Bertz CT molecular complexity index is 1100. The number of methoxy groups -OCH3 is 1. The fourth-order valence-corrected chi connectivity index (χ4v) is 4.07. The molecule has 3 N–H and O–H groups in total. The summed E-state index contributed by atoms with van der Waals surface area (Å²) in [5.41, 5.74) is 1.73. The Hall–Kier alpha value is -3.64. The Morgan fingerprint density at radius 2 is 2.06 bits per heavy atom. The molecule has 172 valence electrons. The van der Waals surface area contributed by atoms with Gasteiger partial charge in [0.25, 0.3) is 0 Å². The van der Waals surface area contributed by atoms with Crippen molar-refractivity contribution in [1.29, 1.82) is 5.26 Å². The molecule has 9 heteroatoms. The highest BCUT2D eigenvalue weighted by atomic mass is 16.5. The number of aromatic amines is 1. The first-order chi connectivity index (χ1) is 16.2. The molecule has 1 aliphatic rings. The Balaban J connectivity index is 1.38. The molecule has 1 saturated carbocycles. The van der Waals surface area contributed by atoms with Gasteiger partial charge >= 0.3 is 6.03 Å². The van der Waals surface area contributed by atoms with E-state index in [9.17, 15) is 4.79 Å². The third-order valence-corrected chi connectivity index (χ3v) is 5.91. The average Bonchev–Trinajstić information content (AvgIpc) is 3.24. The van der Waals surface area contributed by atoms with Gasteiger partial charge in [-0.05, 0) is 37.7 Å². The molecular weight excluding hydrogens is 420 g/mol. The zero-order valence-corrected chi connectivity index (χ0v) is 18.6. The van der Waals surface area contributed by atoms with E-state index < -0.39 is 0 Å². The lowest BCUT2D eigenvalue weighted by Gasteiger charge is -2.24. The van der Waals surface area contributed by atoms with Gasteiger partial charge in [-0.15, -0.1) is 5.10 Å². The van der Waals surface area contributed by atoms with Crippen LogP contribution in [0.4, 0.5) is 10.6 Å². The lowest BCUT2D eigenvalue weighted by atomic mass is 9.88. The van der Waals surface area contributed by atoms with Crippen LogP contribution in [-0.2, 0) is 4.74 Å². The minimum Gasteiger partial charge on any atom is -0.473 e. The lowest BCUT2D eigenvalue weighted by molar-refractivity contribution is 0.138. The molecule has 2 heterocycles. The van der Waals surface area contributed by atoms with Crippen molar-refractivity contribution in [3.05, 3.63) is 48.2 Å². The smallest absolute Gasteiger partial charge is 0.320 e. The number of benzene rings is 1. The van der Waals surface area contributed by atoms with Crippen molar-refractivity contribution in [1.82, 2.24) is 20.5 Å². The Kier molecular flexibility index (Phi) is 7.37. The van der Waals surface area contributed by atoms with Crippen LogP contribution in [0.25, 0.3) is 10.9 Å². The second-order valence-corrected chi connectivity index (χ2v) is 8.21. The van der Waals surface area contributed by atoms with Gasteiger partial charge in [-0.3, -0.25) is 10.4 Å². The molecule has 0 spiro atoms. The SMILES string of the molecule is COCCC(NC(=O)Nc1cc2[nH]nc(OC3CCC(C#N)CC3)c2cn1)c1ccccc1. The van der Waals surface area contributed by atoms with Gasteiger partial charge in [-0.1, -0.05) is 30.3 Å². The Morgan fingerprint density at radius 1 is 1.27 bits per heavy atom. The van der Waals surface area contributed by atoms with Gasteiger partial charge < -0.3 is 14.8 Å². The second-order valence-electron chi connectivity index (χ2n) is 8.21. The number of carbonyl (C=O) groups excluding carboxylic acids is 1. The Labute approximate surface area is 192 Å². The molecule has 4 rings (SSSR count). The van der Waals surface area contributed by atoms with E-state index in [-0.39, 0.29) is 24.1 Å². The molecule has 1 unspecified atom stereocenters. The number of rotatable bonds is 8. The summed E-state index contributed by atoms with van der Waals surface area (Å²) in [6.45, 7) is 0.527. The van der Waals surface area contributed by atoms with E-state index in [0.717, 1.165) is 42.1 Å². The van der Waals surface area contributed by atoms with E-state index in [0.29, 0.717) is 24.7 Å². The minimum atomic E-state index is -0.350. The highest BCUT2D eigenvalue weighted by molar-refractivity contribution is 5.92. The van der Waals surface area contributed by atoms with Gasteiger partial charge in [0.1, 0.15) is 11.9 Å². The predicted octanol–water partition coefficient (Wildman–Crippen LogP) is 4.32. The van der Waals surface area contributed by atoms with Crippen molar-refractivity contribution in [2.45, 2.75) is 44.2 Å². The van der Waals surface area contributed by atoms with E-state index in [1.807, 2.05) is 30.3 Å². The van der Waals surface area contributed by atoms with E-state index in [2.05, 4.69) is 31.9 Å². The van der Waals surface area contributed by atoms with Crippen molar-refractivity contribution in [3.8, 4) is 11.9 Å². The number of nitrogens with one attached hydrogen (secondary N) is 3. The number of nitrogens with zero attached hydrogens (tertiary/aromatic N) is 3. The Morgan fingerprint density at radius 3 is 2.79 bits per heavy atom. The summed E-state index contributed by atoms with van der Waals surface area (Å²) in [6.07, 6.45) is 5.71. The van der Waals surface area contributed by atoms with Crippen LogP contribution < -0.4 is 15.4 Å². The van der Waals surface area contributed by atoms with Crippen LogP contribution in [0.3, 0.4) is 0 Å². The molecule has 2 aromatic heterocycles. The van der Waals surface area contributed by atoms with Crippen LogP contribution in [0.15, 0.2) is 42.6 Å². The maximum Gasteiger partial charge on any atom is 0.320 e. The normalized spacial score (nSPS) is 18.9. The first-order valence-corrected chi connectivity index (χ1v) is 11.2. The summed E-state index contributed by atoms with van der Waals surface area (Å²) in [6, 6.07) is 13.3.